The lowest BCUT2D eigenvalue weighted by Crippen LogP contribution is -2.64. The normalized spacial score (nSPS) is 23.9. The van der Waals surface area contributed by atoms with Crippen molar-refractivity contribution in [1.29, 1.82) is 0 Å². The average Bonchev–Trinajstić information content (AvgIpc) is 2.98. The van der Waals surface area contributed by atoms with Crippen molar-refractivity contribution in [3.8, 4) is 0 Å². The summed E-state index contributed by atoms with van der Waals surface area (Å²) in [5, 5.41) is 10.8. The van der Waals surface area contributed by atoms with Crippen molar-refractivity contribution < 1.29 is 28.8 Å². The van der Waals surface area contributed by atoms with Gasteiger partial charge in [-0.25, -0.2) is 0 Å². The van der Waals surface area contributed by atoms with E-state index in [4.69, 9.17) is 35.2 Å². The Morgan fingerprint density at radius 2 is 1.43 bits per heavy atom. The number of aliphatic hydroxyl groups excluding tert-OH is 1. The maximum Gasteiger partial charge on any atom is 0.180 e. The average molecular weight is 567 g/mol. The SMILES string of the molecule is CCCCCCCCCCCCCCCCOC(CO[C@@H]1OC(CN)[C@H](OCc2ccccc2)[C@H](O)C1N)OC. The van der Waals surface area contributed by atoms with Crippen LogP contribution in [0.1, 0.15) is 102 Å². The molecule has 5 N–H and O–H groups in total. The van der Waals surface area contributed by atoms with Gasteiger partial charge >= 0.3 is 0 Å². The third-order valence-electron chi connectivity index (χ3n) is 7.70. The van der Waals surface area contributed by atoms with E-state index in [2.05, 4.69) is 6.92 Å². The van der Waals surface area contributed by atoms with Crippen LogP contribution in [0.4, 0.5) is 0 Å². The van der Waals surface area contributed by atoms with E-state index >= 15 is 0 Å². The number of unbranched alkanes of at least 4 members (excludes halogenated alkanes) is 13. The molecule has 1 fully saturated rings. The Bertz CT molecular complexity index is 710. The molecule has 1 saturated heterocycles. The van der Waals surface area contributed by atoms with Gasteiger partial charge in [-0.2, -0.15) is 0 Å². The largest absolute Gasteiger partial charge is 0.388 e. The fourth-order valence-corrected chi connectivity index (χ4v) is 5.12. The highest BCUT2D eigenvalue weighted by Crippen LogP contribution is 2.24. The van der Waals surface area contributed by atoms with Crippen LogP contribution in [0.3, 0.4) is 0 Å². The van der Waals surface area contributed by atoms with Crippen molar-refractivity contribution in [1.82, 2.24) is 0 Å². The summed E-state index contributed by atoms with van der Waals surface area (Å²) in [4.78, 5) is 0. The standard InChI is InChI=1S/C32H58N2O6/c1-3-4-5-6-7-8-9-10-11-12-13-14-15-19-22-37-28(36-2)25-39-32-29(34)30(35)31(27(23-33)40-32)38-24-26-20-17-16-18-21-26/h16-18,20-21,27-32,35H,3-15,19,22-25,33-34H2,1-2H3/t27?,28?,29?,30-,31+,32-/m1/s1. The molecular weight excluding hydrogens is 508 g/mol. The number of hydrogen-bond donors (Lipinski definition) is 3. The van der Waals surface area contributed by atoms with Gasteiger partial charge in [0.25, 0.3) is 0 Å². The molecule has 0 bridgehead atoms. The van der Waals surface area contributed by atoms with Gasteiger partial charge in [0.2, 0.25) is 0 Å². The van der Waals surface area contributed by atoms with E-state index in [1.807, 2.05) is 30.3 Å². The van der Waals surface area contributed by atoms with Crippen LogP contribution in [0.15, 0.2) is 30.3 Å². The number of benzene rings is 1. The summed E-state index contributed by atoms with van der Waals surface area (Å²) < 4.78 is 29.1. The van der Waals surface area contributed by atoms with Crippen LogP contribution in [0, 0.1) is 0 Å². The highest BCUT2D eigenvalue weighted by atomic mass is 16.7. The highest BCUT2D eigenvalue weighted by molar-refractivity contribution is 5.13. The Kier molecular flexibility index (Phi) is 19.7. The van der Waals surface area contributed by atoms with Crippen LogP contribution in [0.2, 0.25) is 0 Å². The van der Waals surface area contributed by atoms with Gasteiger partial charge in [-0.1, -0.05) is 121 Å². The lowest BCUT2D eigenvalue weighted by molar-refractivity contribution is -0.283. The van der Waals surface area contributed by atoms with Crippen molar-refractivity contribution in [2.24, 2.45) is 11.5 Å². The van der Waals surface area contributed by atoms with Crippen molar-refractivity contribution in [3.63, 3.8) is 0 Å². The molecule has 0 saturated carbocycles. The summed E-state index contributed by atoms with van der Waals surface area (Å²) in [6, 6.07) is 8.96. The first-order valence-corrected chi connectivity index (χ1v) is 15.8. The van der Waals surface area contributed by atoms with Crippen LogP contribution in [0.25, 0.3) is 0 Å². The predicted molar refractivity (Wildman–Crippen MR) is 160 cm³/mol. The molecule has 8 heteroatoms. The second-order valence-electron chi connectivity index (χ2n) is 11.1. The summed E-state index contributed by atoms with van der Waals surface area (Å²) in [6.07, 6.45) is 15.0. The highest BCUT2D eigenvalue weighted by Gasteiger charge is 2.44. The second kappa shape index (κ2) is 22.5. The molecule has 2 rings (SSSR count). The molecule has 1 aromatic rings. The van der Waals surface area contributed by atoms with Crippen molar-refractivity contribution in [3.05, 3.63) is 35.9 Å². The monoisotopic (exact) mass is 566 g/mol. The molecule has 0 amide bonds. The van der Waals surface area contributed by atoms with Gasteiger partial charge in [0.15, 0.2) is 12.6 Å². The third-order valence-corrected chi connectivity index (χ3v) is 7.70. The first-order valence-electron chi connectivity index (χ1n) is 15.8. The number of nitrogens with two attached hydrogens (primary N) is 2. The van der Waals surface area contributed by atoms with Gasteiger partial charge in [0.05, 0.1) is 12.6 Å². The zero-order valence-corrected chi connectivity index (χ0v) is 25.2. The number of methoxy groups -OCH3 is 1. The first-order chi connectivity index (χ1) is 19.6. The van der Waals surface area contributed by atoms with E-state index in [1.54, 1.807) is 7.11 Å². The minimum absolute atomic E-state index is 0.146. The van der Waals surface area contributed by atoms with Gasteiger partial charge in [-0.15, -0.1) is 0 Å². The van der Waals surface area contributed by atoms with E-state index in [1.165, 1.54) is 77.0 Å². The Morgan fingerprint density at radius 3 is 1.98 bits per heavy atom. The second-order valence-corrected chi connectivity index (χ2v) is 11.1. The summed E-state index contributed by atoms with van der Waals surface area (Å²) in [6.45, 7) is 3.54. The van der Waals surface area contributed by atoms with Crippen LogP contribution >= 0.6 is 0 Å². The van der Waals surface area contributed by atoms with Gasteiger partial charge in [0, 0.05) is 20.3 Å². The van der Waals surface area contributed by atoms with Gasteiger partial charge in [0.1, 0.15) is 24.9 Å². The Balaban J connectivity index is 1.53. The quantitative estimate of drug-likeness (QED) is 0.112. The molecule has 232 valence electrons. The molecule has 1 aliphatic rings. The molecule has 1 aromatic carbocycles. The minimum atomic E-state index is -0.978. The van der Waals surface area contributed by atoms with Crippen LogP contribution in [0.5, 0.6) is 0 Å². The molecule has 0 spiro atoms. The fraction of sp³-hybridized carbons (Fsp3) is 0.812. The summed E-state index contributed by atoms with van der Waals surface area (Å²) in [5.74, 6) is 0. The van der Waals surface area contributed by atoms with Gasteiger partial charge < -0.3 is 40.3 Å². The van der Waals surface area contributed by atoms with Crippen LogP contribution < -0.4 is 11.5 Å². The van der Waals surface area contributed by atoms with E-state index < -0.39 is 36.9 Å². The Hall–Kier alpha value is -1.10. The summed E-state index contributed by atoms with van der Waals surface area (Å²) >= 11 is 0. The number of ether oxygens (including phenoxy) is 5. The summed E-state index contributed by atoms with van der Waals surface area (Å²) in [7, 11) is 1.59. The summed E-state index contributed by atoms with van der Waals surface area (Å²) in [5.41, 5.74) is 13.2. The zero-order valence-electron chi connectivity index (χ0n) is 25.2. The molecule has 1 heterocycles. The number of rotatable bonds is 24. The van der Waals surface area contributed by atoms with E-state index in [9.17, 15) is 5.11 Å². The van der Waals surface area contributed by atoms with Crippen molar-refractivity contribution >= 4 is 0 Å². The zero-order chi connectivity index (χ0) is 28.8. The molecule has 0 aliphatic carbocycles. The number of aliphatic hydroxyl groups is 1. The Morgan fingerprint density at radius 1 is 0.850 bits per heavy atom. The molecule has 40 heavy (non-hydrogen) atoms. The molecule has 8 nitrogen and oxygen atoms in total. The molecule has 6 atom stereocenters. The number of hydrogen-bond acceptors (Lipinski definition) is 8. The van der Waals surface area contributed by atoms with E-state index in [0.29, 0.717) is 13.2 Å². The first kappa shape index (κ1) is 35.1. The third kappa shape index (κ3) is 14.2. The Labute approximate surface area is 243 Å². The molecule has 0 aromatic heterocycles. The van der Waals surface area contributed by atoms with Crippen LogP contribution in [-0.4, -0.2) is 68.9 Å². The van der Waals surface area contributed by atoms with Crippen molar-refractivity contribution in [2.75, 3.05) is 26.9 Å². The molecule has 1 aliphatic heterocycles. The molecular formula is C32H58N2O6. The lowest BCUT2D eigenvalue weighted by Gasteiger charge is -2.42. The predicted octanol–water partition coefficient (Wildman–Crippen LogP) is 5.43. The molecule has 0 radical (unpaired) electrons. The topological polar surface area (TPSA) is 118 Å². The van der Waals surface area contributed by atoms with Crippen molar-refractivity contribution in [2.45, 2.75) is 140 Å². The minimum Gasteiger partial charge on any atom is -0.388 e. The maximum atomic E-state index is 10.8. The lowest BCUT2D eigenvalue weighted by atomic mass is 9.97. The van der Waals surface area contributed by atoms with E-state index in [0.717, 1.165) is 18.4 Å². The van der Waals surface area contributed by atoms with Gasteiger partial charge in [-0.3, -0.25) is 0 Å². The smallest absolute Gasteiger partial charge is 0.180 e. The fourth-order valence-electron chi connectivity index (χ4n) is 5.12. The van der Waals surface area contributed by atoms with E-state index in [-0.39, 0.29) is 13.2 Å². The van der Waals surface area contributed by atoms with Gasteiger partial charge in [-0.05, 0) is 12.0 Å². The molecule has 3 unspecified atom stereocenters. The maximum absolute atomic E-state index is 10.8. The van der Waals surface area contributed by atoms with Crippen LogP contribution in [-0.2, 0) is 30.3 Å².